The standard InChI is InChI=1S/C47H78O3/c1-10-11-12-13-14-15-16-17-18-19-20-21-22-23-24-33-44(48)49-45-40(6)41(7)46-43(42(45)8)34-36-47(9,50-46)35-27-32-39(5)31-26-30-38(4)29-25-28-37(2)3/h11-12,14-17,37-39H,10,13,18-36H2,1-9H3. The monoisotopic (exact) mass is 691 g/mol. The summed E-state index contributed by atoms with van der Waals surface area (Å²) >= 11 is 0. The third-order valence-corrected chi connectivity index (χ3v) is 11.1. The number of rotatable bonds is 26. The normalized spacial score (nSPS) is 17.6. The molecule has 0 fully saturated rings. The zero-order chi connectivity index (χ0) is 36.8. The maximum Gasteiger partial charge on any atom is 0.311 e. The average Bonchev–Trinajstić information content (AvgIpc) is 3.07. The van der Waals surface area contributed by atoms with Crippen LogP contribution in [0.1, 0.15) is 192 Å². The predicted molar refractivity (Wildman–Crippen MR) is 218 cm³/mol. The van der Waals surface area contributed by atoms with E-state index in [1.807, 2.05) is 0 Å². The van der Waals surface area contributed by atoms with Gasteiger partial charge in [-0.15, -0.1) is 0 Å². The van der Waals surface area contributed by atoms with Crippen LogP contribution in [-0.2, 0) is 11.2 Å². The summed E-state index contributed by atoms with van der Waals surface area (Å²) in [5, 5.41) is 0. The summed E-state index contributed by atoms with van der Waals surface area (Å²) in [4.78, 5) is 12.9. The summed E-state index contributed by atoms with van der Waals surface area (Å²) < 4.78 is 12.9. The van der Waals surface area contributed by atoms with Crippen LogP contribution in [0.15, 0.2) is 36.5 Å². The van der Waals surface area contributed by atoms with Crippen LogP contribution in [0.2, 0.25) is 0 Å². The van der Waals surface area contributed by atoms with Crippen LogP contribution in [0.5, 0.6) is 11.5 Å². The molecule has 50 heavy (non-hydrogen) atoms. The molecule has 0 saturated carbocycles. The fourth-order valence-corrected chi connectivity index (χ4v) is 7.49. The highest BCUT2D eigenvalue weighted by atomic mass is 16.5. The van der Waals surface area contributed by atoms with E-state index in [0.717, 1.165) is 97.3 Å². The van der Waals surface area contributed by atoms with Gasteiger partial charge in [-0.05, 0) is 120 Å². The molecule has 1 aromatic carbocycles. The Kier molecular flexibility index (Phi) is 21.8. The molecule has 0 N–H and O–H groups in total. The lowest BCUT2D eigenvalue weighted by molar-refractivity contribution is -0.134. The molecule has 0 bridgehead atoms. The van der Waals surface area contributed by atoms with Gasteiger partial charge in [0.05, 0.1) is 0 Å². The highest BCUT2D eigenvalue weighted by Crippen LogP contribution is 2.45. The number of carbonyl (C=O) groups is 1. The van der Waals surface area contributed by atoms with Crippen molar-refractivity contribution in [3.8, 4) is 11.5 Å². The second-order valence-electron chi connectivity index (χ2n) is 16.5. The highest BCUT2D eigenvalue weighted by molar-refractivity contribution is 5.74. The van der Waals surface area contributed by atoms with Gasteiger partial charge in [-0.3, -0.25) is 4.79 Å². The highest BCUT2D eigenvalue weighted by Gasteiger charge is 2.34. The van der Waals surface area contributed by atoms with Gasteiger partial charge in [0.15, 0.2) is 0 Å². The molecule has 0 aromatic heterocycles. The molecule has 1 aliphatic heterocycles. The van der Waals surface area contributed by atoms with Gasteiger partial charge in [0.25, 0.3) is 0 Å². The molecule has 1 aromatic rings. The maximum absolute atomic E-state index is 12.9. The van der Waals surface area contributed by atoms with E-state index in [1.54, 1.807) is 0 Å². The van der Waals surface area contributed by atoms with Crippen LogP contribution in [-0.4, -0.2) is 11.6 Å². The van der Waals surface area contributed by atoms with Crippen LogP contribution in [0.25, 0.3) is 0 Å². The summed E-state index contributed by atoms with van der Waals surface area (Å²) in [5.41, 5.74) is 4.37. The Balaban J connectivity index is 1.70. The second-order valence-corrected chi connectivity index (χ2v) is 16.5. The molecule has 0 amide bonds. The first kappa shape index (κ1) is 43.9. The molecule has 3 unspecified atom stereocenters. The largest absolute Gasteiger partial charge is 0.487 e. The Morgan fingerprint density at radius 3 is 2.04 bits per heavy atom. The zero-order valence-electron chi connectivity index (χ0n) is 34.3. The molecule has 0 saturated heterocycles. The van der Waals surface area contributed by atoms with Crippen LogP contribution < -0.4 is 9.47 Å². The first-order valence-electron chi connectivity index (χ1n) is 21.0. The fourth-order valence-electron chi connectivity index (χ4n) is 7.49. The van der Waals surface area contributed by atoms with Gasteiger partial charge < -0.3 is 9.47 Å². The fraction of sp³-hybridized carbons (Fsp3) is 0.723. The Morgan fingerprint density at radius 1 is 0.740 bits per heavy atom. The lowest BCUT2D eigenvalue weighted by atomic mass is 9.83. The first-order chi connectivity index (χ1) is 24.0. The maximum atomic E-state index is 12.9. The summed E-state index contributed by atoms with van der Waals surface area (Å²) in [6.45, 7) is 20.4. The summed E-state index contributed by atoms with van der Waals surface area (Å²) in [6.07, 6.45) is 37.7. The Labute approximate surface area is 310 Å². The third kappa shape index (κ3) is 17.3. The smallest absolute Gasteiger partial charge is 0.311 e. The van der Waals surface area contributed by atoms with E-state index in [1.165, 1.54) is 82.6 Å². The number of hydrogen-bond donors (Lipinski definition) is 0. The van der Waals surface area contributed by atoms with E-state index in [4.69, 9.17) is 9.47 Å². The molecule has 0 spiro atoms. The van der Waals surface area contributed by atoms with E-state index in [0.29, 0.717) is 6.42 Å². The molecule has 0 radical (unpaired) electrons. The van der Waals surface area contributed by atoms with Gasteiger partial charge in [-0.1, -0.05) is 142 Å². The summed E-state index contributed by atoms with van der Waals surface area (Å²) in [5.74, 6) is 4.19. The van der Waals surface area contributed by atoms with Crippen LogP contribution >= 0.6 is 0 Å². The molecule has 3 heteroatoms. The van der Waals surface area contributed by atoms with Crippen LogP contribution in [0.4, 0.5) is 0 Å². The lowest BCUT2D eigenvalue weighted by Gasteiger charge is -2.38. The minimum atomic E-state index is -0.126. The molecular formula is C47H78O3. The Hall–Kier alpha value is -2.29. The minimum absolute atomic E-state index is 0.102. The van der Waals surface area contributed by atoms with Crippen molar-refractivity contribution < 1.29 is 14.3 Å². The Morgan fingerprint density at radius 2 is 1.36 bits per heavy atom. The van der Waals surface area contributed by atoms with E-state index >= 15 is 0 Å². The number of esters is 1. The van der Waals surface area contributed by atoms with E-state index in [9.17, 15) is 4.79 Å². The van der Waals surface area contributed by atoms with Crippen molar-refractivity contribution in [3.63, 3.8) is 0 Å². The number of fused-ring (bicyclic) bond motifs is 1. The van der Waals surface area contributed by atoms with E-state index < -0.39 is 0 Å². The van der Waals surface area contributed by atoms with Gasteiger partial charge in [0.2, 0.25) is 0 Å². The van der Waals surface area contributed by atoms with Crippen molar-refractivity contribution in [1.29, 1.82) is 0 Å². The number of ether oxygens (including phenoxy) is 2. The number of benzene rings is 1. The number of allylic oxidation sites excluding steroid dienone is 6. The molecule has 3 nitrogen and oxygen atoms in total. The van der Waals surface area contributed by atoms with Crippen molar-refractivity contribution in [2.24, 2.45) is 17.8 Å². The number of carbonyl (C=O) groups excluding carboxylic acids is 1. The van der Waals surface area contributed by atoms with Gasteiger partial charge >= 0.3 is 5.97 Å². The number of hydrogen-bond acceptors (Lipinski definition) is 3. The molecule has 1 heterocycles. The summed E-state index contributed by atoms with van der Waals surface area (Å²) in [6, 6.07) is 0. The van der Waals surface area contributed by atoms with Crippen LogP contribution in [0, 0.1) is 38.5 Å². The minimum Gasteiger partial charge on any atom is -0.487 e. The second kappa shape index (κ2) is 24.8. The van der Waals surface area contributed by atoms with Gasteiger partial charge in [-0.25, -0.2) is 0 Å². The number of unbranched alkanes of at least 4 members (excludes halogenated alkanes) is 6. The van der Waals surface area contributed by atoms with Gasteiger partial charge in [0, 0.05) is 12.0 Å². The first-order valence-corrected chi connectivity index (χ1v) is 21.0. The quantitative estimate of drug-likeness (QED) is 0.0319. The SMILES string of the molecule is CCC=CCC=CC=CCCCCCCCCC(=O)Oc1c(C)c(C)c2c(c1C)CCC(C)(CCCC(C)CCCC(C)CCCC(C)C)O2. The van der Waals surface area contributed by atoms with Crippen molar-refractivity contribution in [2.75, 3.05) is 0 Å². The molecule has 3 atom stereocenters. The van der Waals surface area contributed by atoms with Crippen molar-refractivity contribution in [3.05, 3.63) is 58.7 Å². The van der Waals surface area contributed by atoms with E-state index in [-0.39, 0.29) is 11.6 Å². The van der Waals surface area contributed by atoms with Crippen LogP contribution in [0.3, 0.4) is 0 Å². The van der Waals surface area contributed by atoms with Gasteiger partial charge in [-0.2, -0.15) is 0 Å². The average molecular weight is 691 g/mol. The summed E-state index contributed by atoms with van der Waals surface area (Å²) in [7, 11) is 0. The molecule has 284 valence electrons. The molecule has 2 rings (SSSR count). The van der Waals surface area contributed by atoms with Crippen molar-refractivity contribution in [2.45, 2.75) is 203 Å². The van der Waals surface area contributed by atoms with Crippen molar-refractivity contribution in [1.82, 2.24) is 0 Å². The Bertz CT molecular complexity index is 1190. The zero-order valence-corrected chi connectivity index (χ0v) is 34.3. The molecule has 1 aliphatic rings. The molecule has 0 aliphatic carbocycles. The lowest BCUT2D eigenvalue weighted by Crippen LogP contribution is -2.37. The third-order valence-electron chi connectivity index (χ3n) is 11.1. The van der Waals surface area contributed by atoms with Crippen molar-refractivity contribution >= 4 is 5.97 Å². The molecular weight excluding hydrogens is 613 g/mol. The predicted octanol–water partition coefficient (Wildman–Crippen LogP) is 14.6. The van der Waals surface area contributed by atoms with E-state index in [2.05, 4.69) is 98.8 Å². The topological polar surface area (TPSA) is 35.5 Å². The van der Waals surface area contributed by atoms with Gasteiger partial charge in [0.1, 0.15) is 17.1 Å².